The van der Waals surface area contributed by atoms with E-state index in [9.17, 15) is 13.2 Å². The topological polar surface area (TPSA) is 84.3 Å². The van der Waals surface area contributed by atoms with Crippen molar-refractivity contribution >= 4 is 56.6 Å². The van der Waals surface area contributed by atoms with Gasteiger partial charge in [0.25, 0.3) is 5.91 Å². The zero-order valence-electron chi connectivity index (χ0n) is 17.5. The predicted octanol–water partition coefficient (Wildman–Crippen LogP) is 5.32. The van der Waals surface area contributed by atoms with Crippen LogP contribution < -0.4 is 5.32 Å². The number of carbonyl (C=O) groups excluding carboxylic acids is 1. The Bertz CT molecular complexity index is 1270. The van der Waals surface area contributed by atoms with E-state index >= 15 is 0 Å². The van der Waals surface area contributed by atoms with Gasteiger partial charge in [0.1, 0.15) is 4.90 Å². The highest BCUT2D eigenvalue weighted by molar-refractivity contribution is 7.89. The lowest BCUT2D eigenvalue weighted by atomic mass is 10.2. The number of rotatable bonds is 6. The normalized spacial score (nSPS) is 14.9. The molecule has 0 bridgehead atoms. The second-order valence-corrected chi connectivity index (χ2v) is 10.9. The van der Waals surface area contributed by atoms with Crippen molar-refractivity contribution in [2.24, 2.45) is 0 Å². The molecule has 0 atom stereocenters. The lowest BCUT2D eigenvalue weighted by molar-refractivity contribution is 0.102. The van der Waals surface area contributed by atoms with Crippen LogP contribution in [-0.4, -0.2) is 41.5 Å². The van der Waals surface area contributed by atoms with Gasteiger partial charge in [-0.2, -0.15) is 9.40 Å². The second-order valence-electron chi connectivity index (χ2n) is 7.71. The van der Waals surface area contributed by atoms with Crippen LogP contribution in [0.2, 0.25) is 15.1 Å². The third-order valence-corrected chi connectivity index (χ3v) is 8.27. The third kappa shape index (κ3) is 5.53. The first-order chi connectivity index (χ1) is 15.7. The molecule has 7 nitrogen and oxygen atoms in total. The Morgan fingerprint density at radius 1 is 0.970 bits per heavy atom. The first-order valence-electron chi connectivity index (χ1n) is 10.3. The van der Waals surface area contributed by atoms with E-state index in [0.717, 1.165) is 24.8 Å². The van der Waals surface area contributed by atoms with E-state index in [4.69, 9.17) is 34.8 Å². The van der Waals surface area contributed by atoms with Gasteiger partial charge >= 0.3 is 0 Å². The highest BCUT2D eigenvalue weighted by Crippen LogP contribution is 2.32. The molecule has 1 aliphatic rings. The van der Waals surface area contributed by atoms with Crippen molar-refractivity contribution in [3.05, 3.63) is 74.9 Å². The first kappa shape index (κ1) is 24.0. The van der Waals surface area contributed by atoms with Gasteiger partial charge in [-0.25, -0.2) is 8.42 Å². The number of nitrogens with one attached hydrogen (secondary N) is 1. The summed E-state index contributed by atoms with van der Waals surface area (Å²) in [5.41, 5.74) is 0.998. The monoisotopic (exact) mass is 526 g/mol. The molecule has 2 aromatic carbocycles. The van der Waals surface area contributed by atoms with Gasteiger partial charge in [0.2, 0.25) is 10.0 Å². The highest BCUT2D eigenvalue weighted by Gasteiger charge is 2.30. The van der Waals surface area contributed by atoms with Crippen LogP contribution in [0.4, 0.5) is 5.82 Å². The summed E-state index contributed by atoms with van der Waals surface area (Å²) >= 11 is 18.4. The average Bonchev–Trinajstić information content (AvgIpc) is 3.22. The van der Waals surface area contributed by atoms with E-state index in [1.54, 1.807) is 29.1 Å². The fourth-order valence-electron chi connectivity index (χ4n) is 3.62. The minimum atomic E-state index is -3.84. The van der Waals surface area contributed by atoms with E-state index in [-0.39, 0.29) is 20.5 Å². The second kappa shape index (κ2) is 10.0. The lowest BCUT2D eigenvalue weighted by Crippen LogP contribution is -2.35. The molecule has 0 radical (unpaired) electrons. The number of aromatic nitrogens is 2. The summed E-state index contributed by atoms with van der Waals surface area (Å²) in [5.74, 6) is -0.274. The van der Waals surface area contributed by atoms with Gasteiger partial charge in [-0.05, 0) is 42.7 Å². The minimum absolute atomic E-state index is 0.00361. The molecule has 1 fully saturated rings. The largest absolute Gasteiger partial charge is 0.305 e. The molecular formula is C22H21Cl3N4O3S. The number of carbonyl (C=O) groups is 1. The zero-order valence-corrected chi connectivity index (χ0v) is 20.6. The molecule has 0 aliphatic carbocycles. The van der Waals surface area contributed by atoms with Gasteiger partial charge in [-0.15, -0.1) is 0 Å². The van der Waals surface area contributed by atoms with Gasteiger partial charge in [0.05, 0.1) is 22.2 Å². The molecule has 1 saturated heterocycles. The van der Waals surface area contributed by atoms with Crippen LogP contribution in [0.25, 0.3) is 0 Å². The molecule has 0 spiro atoms. The minimum Gasteiger partial charge on any atom is -0.305 e. The van der Waals surface area contributed by atoms with Crippen LogP contribution in [0.15, 0.2) is 53.6 Å². The van der Waals surface area contributed by atoms with Gasteiger partial charge in [0, 0.05) is 30.4 Å². The summed E-state index contributed by atoms with van der Waals surface area (Å²) in [6.45, 7) is 1.34. The van der Waals surface area contributed by atoms with Crippen molar-refractivity contribution < 1.29 is 13.2 Å². The number of nitrogens with zero attached hydrogens (tertiary/aromatic N) is 3. The highest BCUT2D eigenvalue weighted by atomic mass is 35.5. The molecule has 1 aliphatic heterocycles. The van der Waals surface area contributed by atoms with Gasteiger partial charge in [-0.3, -0.25) is 9.48 Å². The number of anilines is 1. The standard InChI is InChI=1S/C22H21Cl3N4O3S/c23-16-6-4-15(5-7-16)14-28-11-8-21(27-28)26-22(30)17-12-20(19(25)13-18(17)24)33(31,32)29-9-2-1-3-10-29/h4-8,11-13H,1-3,9-10,14H2,(H,26,27,30). The Hall–Kier alpha value is -2.10. The van der Waals surface area contributed by atoms with Crippen molar-refractivity contribution in [1.29, 1.82) is 0 Å². The number of hydrogen-bond acceptors (Lipinski definition) is 4. The summed E-state index contributed by atoms with van der Waals surface area (Å²) in [5, 5.41) is 7.68. The van der Waals surface area contributed by atoms with Gasteiger partial charge < -0.3 is 5.32 Å². The first-order valence-corrected chi connectivity index (χ1v) is 12.9. The molecule has 2 heterocycles. The molecule has 0 saturated carbocycles. The maximum atomic E-state index is 13.1. The van der Waals surface area contributed by atoms with Crippen LogP contribution >= 0.6 is 34.8 Å². The summed E-state index contributed by atoms with van der Waals surface area (Å²) < 4.78 is 29.2. The summed E-state index contributed by atoms with van der Waals surface area (Å²) in [6, 6.07) is 11.5. The number of amides is 1. The van der Waals surface area contributed by atoms with E-state index < -0.39 is 15.9 Å². The van der Waals surface area contributed by atoms with Crippen molar-refractivity contribution in [2.75, 3.05) is 18.4 Å². The lowest BCUT2D eigenvalue weighted by Gasteiger charge is -2.26. The summed E-state index contributed by atoms with van der Waals surface area (Å²) in [4.78, 5) is 12.8. The Morgan fingerprint density at radius 2 is 1.67 bits per heavy atom. The van der Waals surface area contributed by atoms with E-state index in [0.29, 0.717) is 30.5 Å². The fourth-order valence-corrected chi connectivity index (χ4v) is 6.10. The molecular weight excluding hydrogens is 507 g/mol. The third-order valence-electron chi connectivity index (χ3n) is 5.34. The summed E-state index contributed by atoms with van der Waals surface area (Å²) in [6.07, 6.45) is 4.28. The number of piperidine rings is 1. The van der Waals surface area contributed by atoms with E-state index in [1.165, 1.54) is 16.4 Å². The molecule has 11 heteroatoms. The summed E-state index contributed by atoms with van der Waals surface area (Å²) in [7, 11) is -3.84. The molecule has 4 rings (SSSR count). The number of hydrogen-bond donors (Lipinski definition) is 1. The molecule has 0 unspecified atom stereocenters. The molecule has 1 aromatic heterocycles. The van der Waals surface area contributed by atoms with Crippen molar-refractivity contribution in [2.45, 2.75) is 30.7 Å². The number of sulfonamides is 1. The Balaban J connectivity index is 1.53. The SMILES string of the molecule is O=C(Nc1ccn(Cc2ccc(Cl)cc2)n1)c1cc(S(=O)(=O)N2CCCCC2)c(Cl)cc1Cl. The molecule has 174 valence electrons. The van der Waals surface area contributed by atoms with Crippen LogP contribution in [0.1, 0.15) is 35.2 Å². The molecule has 3 aromatic rings. The van der Waals surface area contributed by atoms with E-state index in [2.05, 4.69) is 10.4 Å². The van der Waals surface area contributed by atoms with E-state index in [1.807, 2.05) is 12.1 Å². The molecule has 33 heavy (non-hydrogen) atoms. The average molecular weight is 528 g/mol. The quantitative estimate of drug-likeness (QED) is 0.470. The van der Waals surface area contributed by atoms with Crippen LogP contribution in [0.3, 0.4) is 0 Å². The van der Waals surface area contributed by atoms with Crippen molar-refractivity contribution in [3.63, 3.8) is 0 Å². The Kier molecular flexibility index (Phi) is 7.31. The Morgan fingerprint density at radius 3 is 2.36 bits per heavy atom. The van der Waals surface area contributed by atoms with Gasteiger partial charge in [0.15, 0.2) is 5.82 Å². The number of benzene rings is 2. The van der Waals surface area contributed by atoms with Crippen molar-refractivity contribution in [1.82, 2.24) is 14.1 Å². The smallest absolute Gasteiger partial charge is 0.258 e. The zero-order chi connectivity index (χ0) is 23.6. The molecule has 1 N–H and O–H groups in total. The maximum Gasteiger partial charge on any atom is 0.258 e. The Labute approximate surface area is 207 Å². The van der Waals surface area contributed by atoms with Gasteiger partial charge in [-0.1, -0.05) is 53.4 Å². The fraction of sp³-hybridized carbons (Fsp3) is 0.273. The predicted molar refractivity (Wildman–Crippen MR) is 130 cm³/mol. The molecule has 1 amide bonds. The number of halogens is 3. The van der Waals surface area contributed by atoms with Crippen LogP contribution in [0.5, 0.6) is 0 Å². The van der Waals surface area contributed by atoms with Crippen LogP contribution in [-0.2, 0) is 16.6 Å². The maximum absolute atomic E-state index is 13.1. The van der Waals surface area contributed by atoms with Crippen LogP contribution in [0, 0.1) is 0 Å². The van der Waals surface area contributed by atoms with Crippen molar-refractivity contribution in [3.8, 4) is 0 Å².